The number of aryl methyl sites for hydroxylation is 1. The first kappa shape index (κ1) is 21.1. The van der Waals surface area contributed by atoms with E-state index in [4.69, 9.17) is 16.1 Å². The maximum absolute atomic E-state index is 12.7. The van der Waals surface area contributed by atoms with E-state index in [1.54, 1.807) is 12.1 Å². The summed E-state index contributed by atoms with van der Waals surface area (Å²) in [5.41, 5.74) is 4.17. The third-order valence-electron chi connectivity index (χ3n) is 5.55. The van der Waals surface area contributed by atoms with Gasteiger partial charge in [0.2, 0.25) is 0 Å². The van der Waals surface area contributed by atoms with Gasteiger partial charge in [-0.1, -0.05) is 40.5 Å². The number of amides is 1. The summed E-state index contributed by atoms with van der Waals surface area (Å²) < 4.78 is 5.62. The quantitative estimate of drug-likeness (QED) is 0.370. The Morgan fingerprint density at radius 1 is 1.12 bits per heavy atom. The largest absolute Gasteiger partial charge is 0.355 e. The molecule has 0 saturated carbocycles. The zero-order valence-corrected chi connectivity index (χ0v) is 19.1. The summed E-state index contributed by atoms with van der Waals surface area (Å²) in [6, 6.07) is 22.7. The highest BCUT2D eigenvalue weighted by molar-refractivity contribution is 7.84. The first-order valence-electron chi connectivity index (χ1n) is 10.1. The number of halogens is 1. The molecule has 2 heterocycles. The van der Waals surface area contributed by atoms with Crippen molar-refractivity contribution in [1.82, 2.24) is 10.5 Å². The molecule has 3 aromatic carbocycles. The van der Waals surface area contributed by atoms with Crippen molar-refractivity contribution in [3.8, 4) is 17.4 Å². The number of benzene rings is 3. The molecule has 6 nitrogen and oxygen atoms in total. The first-order chi connectivity index (χ1) is 16.0. The van der Waals surface area contributed by atoms with Gasteiger partial charge >= 0.3 is 0 Å². The molecule has 162 valence electrons. The van der Waals surface area contributed by atoms with Crippen molar-refractivity contribution in [1.29, 1.82) is 5.26 Å². The summed E-state index contributed by atoms with van der Waals surface area (Å²) in [4.78, 5) is 14.5. The SMILES string of the molecule is Cc1ccc(N2C(S)=C(C#N)C(=O)NC2c2ccc3noc(-c4ccc(Cl)cc4)c3c2)cc1. The smallest absolute Gasteiger partial charge is 0.266 e. The number of carbonyl (C=O) groups is 1. The number of aromatic nitrogens is 1. The Kier molecular flexibility index (Phi) is 5.33. The second-order valence-electron chi connectivity index (χ2n) is 7.69. The summed E-state index contributed by atoms with van der Waals surface area (Å²) in [7, 11) is 0. The maximum Gasteiger partial charge on any atom is 0.266 e. The van der Waals surface area contributed by atoms with Gasteiger partial charge < -0.3 is 14.7 Å². The van der Waals surface area contributed by atoms with Crippen LogP contribution in [0.3, 0.4) is 0 Å². The molecular formula is C25H17ClN4O2S. The Bertz CT molecular complexity index is 1450. The highest BCUT2D eigenvalue weighted by atomic mass is 35.5. The number of nitrogens with one attached hydrogen (secondary N) is 1. The van der Waals surface area contributed by atoms with E-state index in [2.05, 4.69) is 23.1 Å². The van der Waals surface area contributed by atoms with Crippen LogP contribution in [0, 0.1) is 18.3 Å². The number of hydrogen-bond acceptors (Lipinski definition) is 6. The van der Waals surface area contributed by atoms with E-state index in [-0.39, 0.29) is 5.57 Å². The highest BCUT2D eigenvalue weighted by Gasteiger charge is 2.34. The highest BCUT2D eigenvalue weighted by Crippen LogP contribution is 2.38. The van der Waals surface area contributed by atoms with Crippen LogP contribution in [0.1, 0.15) is 17.3 Å². The second kappa shape index (κ2) is 8.32. The molecule has 1 aliphatic rings. The van der Waals surface area contributed by atoms with Crippen LogP contribution in [0.4, 0.5) is 5.69 Å². The van der Waals surface area contributed by atoms with Gasteiger partial charge in [-0.05, 0) is 61.0 Å². The minimum Gasteiger partial charge on any atom is -0.355 e. The zero-order valence-electron chi connectivity index (χ0n) is 17.4. The molecule has 0 fully saturated rings. The summed E-state index contributed by atoms with van der Waals surface area (Å²) >= 11 is 10.6. The number of nitrogens with zero attached hydrogens (tertiary/aromatic N) is 3. The van der Waals surface area contributed by atoms with E-state index in [0.29, 0.717) is 21.3 Å². The lowest BCUT2D eigenvalue weighted by molar-refractivity contribution is -0.118. The van der Waals surface area contributed by atoms with Gasteiger partial charge in [0.25, 0.3) is 5.91 Å². The normalized spacial score (nSPS) is 16.1. The zero-order chi connectivity index (χ0) is 23.1. The van der Waals surface area contributed by atoms with E-state index in [9.17, 15) is 10.1 Å². The van der Waals surface area contributed by atoms with E-state index in [1.165, 1.54) is 0 Å². The molecule has 1 aliphatic heterocycles. The molecule has 1 N–H and O–H groups in total. The van der Waals surface area contributed by atoms with Crippen molar-refractivity contribution in [2.75, 3.05) is 4.90 Å². The van der Waals surface area contributed by atoms with Crippen LogP contribution in [0.5, 0.6) is 0 Å². The fraction of sp³-hybridized carbons (Fsp3) is 0.0800. The lowest BCUT2D eigenvalue weighted by Crippen LogP contribution is -2.46. The van der Waals surface area contributed by atoms with Gasteiger partial charge in [-0.15, -0.1) is 12.6 Å². The van der Waals surface area contributed by atoms with Gasteiger partial charge in [0, 0.05) is 16.3 Å². The number of rotatable bonds is 3. The Hall–Kier alpha value is -3.73. The number of hydrogen-bond donors (Lipinski definition) is 2. The molecule has 4 aromatic rings. The molecule has 0 aliphatic carbocycles. The number of anilines is 1. The molecule has 1 amide bonds. The van der Waals surface area contributed by atoms with Crippen LogP contribution in [0.25, 0.3) is 22.2 Å². The van der Waals surface area contributed by atoms with Gasteiger partial charge in [0.05, 0.1) is 10.4 Å². The molecular weight excluding hydrogens is 456 g/mol. The number of nitriles is 1. The van der Waals surface area contributed by atoms with Crippen LogP contribution in [0.15, 0.2) is 81.9 Å². The van der Waals surface area contributed by atoms with Gasteiger partial charge in [-0.2, -0.15) is 5.26 Å². The standard InChI is InChI=1S/C25H17ClN4O2S/c1-14-2-9-18(10-3-14)30-23(28-24(31)20(13-27)25(30)33)16-6-11-21-19(12-16)22(32-29-21)15-4-7-17(26)8-5-15/h2-12,23,33H,1H3,(H,28,31). The molecule has 0 spiro atoms. The van der Waals surface area contributed by atoms with Crippen molar-refractivity contribution in [2.45, 2.75) is 13.1 Å². The summed E-state index contributed by atoms with van der Waals surface area (Å²) in [6.07, 6.45) is -0.581. The van der Waals surface area contributed by atoms with E-state index in [0.717, 1.165) is 27.8 Å². The van der Waals surface area contributed by atoms with E-state index >= 15 is 0 Å². The third kappa shape index (κ3) is 3.74. The van der Waals surface area contributed by atoms with Gasteiger partial charge in [-0.25, -0.2) is 0 Å². The molecule has 1 unspecified atom stereocenters. The van der Waals surface area contributed by atoms with Crippen molar-refractivity contribution in [3.05, 3.63) is 93.5 Å². The predicted molar refractivity (Wildman–Crippen MR) is 131 cm³/mol. The van der Waals surface area contributed by atoms with Crippen LogP contribution in [-0.4, -0.2) is 11.1 Å². The van der Waals surface area contributed by atoms with Crippen LogP contribution in [-0.2, 0) is 4.79 Å². The summed E-state index contributed by atoms with van der Waals surface area (Å²) in [5, 5.41) is 18.3. The topological polar surface area (TPSA) is 82.2 Å². The third-order valence-corrected chi connectivity index (χ3v) is 6.24. The fourth-order valence-corrected chi connectivity index (χ4v) is 4.36. The predicted octanol–water partition coefficient (Wildman–Crippen LogP) is 5.76. The van der Waals surface area contributed by atoms with Crippen LogP contribution in [0.2, 0.25) is 5.02 Å². The van der Waals surface area contributed by atoms with Crippen molar-refractivity contribution in [3.63, 3.8) is 0 Å². The molecule has 1 atom stereocenters. The molecule has 0 bridgehead atoms. The molecule has 5 rings (SSSR count). The monoisotopic (exact) mass is 472 g/mol. The Morgan fingerprint density at radius 2 is 1.85 bits per heavy atom. The van der Waals surface area contributed by atoms with Crippen LogP contribution >= 0.6 is 24.2 Å². The fourth-order valence-electron chi connectivity index (χ4n) is 3.85. The minimum atomic E-state index is -0.581. The lowest BCUT2D eigenvalue weighted by Gasteiger charge is -2.38. The molecule has 33 heavy (non-hydrogen) atoms. The Morgan fingerprint density at radius 3 is 2.55 bits per heavy atom. The molecule has 0 saturated heterocycles. The van der Waals surface area contributed by atoms with Crippen LogP contribution < -0.4 is 10.2 Å². The minimum absolute atomic E-state index is 0.0388. The van der Waals surface area contributed by atoms with Crippen molar-refractivity contribution < 1.29 is 9.32 Å². The van der Waals surface area contributed by atoms with Gasteiger partial charge in [-0.3, -0.25) is 4.79 Å². The number of carbonyl (C=O) groups excluding carboxylic acids is 1. The average molecular weight is 473 g/mol. The molecule has 1 aromatic heterocycles. The number of thiol groups is 1. The lowest BCUT2D eigenvalue weighted by atomic mass is 10.0. The maximum atomic E-state index is 12.7. The average Bonchev–Trinajstić information content (AvgIpc) is 3.24. The summed E-state index contributed by atoms with van der Waals surface area (Å²) in [6.45, 7) is 2.00. The van der Waals surface area contributed by atoms with Crippen molar-refractivity contribution in [2.24, 2.45) is 0 Å². The van der Waals surface area contributed by atoms with Gasteiger partial charge in [0.15, 0.2) is 5.76 Å². The van der Waals surface area contributed by atoms with Gasteiger partial charge in [0.1, 0.15) is 23.3 Å². The molecule has 0 radical (unpaired) electrons. The summed E-state index contributed by atoms with van der Waals surface area (Å²) in [5.74, 6) is 0.131. The van der Waals surface area contributed by atoms with E-state index in [1.807, 2.05) is 72.5 Å². The van der Waals surface area contributed by atoms with Crippen molar-refractivity contribution >= 4 is 46.7 Å². The Labute approximate surface area is 200 Å². The number of fused-ring (bicyclic) bond motifs is 1. The van der Waals surface area contributed by atoms with E-state index < -0.39 is 12.1 Å². The Balaban J connectivity index is 1.65. The second-order valence-corrected chi connectivity index (χ2v) is 8.55. The molecule has 8 heteroatoms. The first-order valence-corrected chi connectivity index (χ1v) is 10.9.